The van der Waals surface area contributed by atoms with Crippen LogP contribution < -0.4 is 5.56 Å². The monoisotopic (exact) mass is 586 g/mol. The molecular weight excluding hydrogens is 568 g/mol. The van der Waals surface area contributed by atoms with Gasteiger partial charge in [0.2, 0.25) is 10.0 Å². The van der Waals surface area contributed by atoms with Gasteiger partial charge in [-0.2, -0.15) is 4.31 Å². The van der Waals surface area contributed by atoms with Crippen molar-refractivity contribution in [2.75, 3.05) is 26.2 Å². The smallest absolute Gasteiger partial charge is 0.265 e. The molecule has 1 saturated heterocycles. The van der Waals surface area contributed by atoms with Crippen molar-refractivity contribution < 1.29 is 13.2 Å². The minimum absolute atomic E-state index is 0.0427. The van der Waals surface area contributed by atoms with E-state index in [0.717, 1.165) is 0 Å². The Morgan fingerprint density at radius 2 is 1.64 bits per heavy atom. The molecule has 0 aliphatic carbocycles. The Balaban J connectivity index is 1.29. The van der Waals surface area contributed by atoms with E-state index in [-0.39, 0.29) is 47.6 Å². The number of amides is 1. The maximum atomic E-state index is 13.1. The number of para-hydroxylation sites is 1. The molecule has 36 heavy (non-hydrogen) atoms. The zero-order valence-electron chi connectivity index (χ0n) is 18.8. The van der Waals surface area contributed by atoms with E-state index < -0.39 is 10.0 Å². The van der Waals surface area contributed by atoms with Gasteiger partial charge in [-0.1, -0.05) is 39.7 Å². The Bertz CT molecular complexity index is 1630. The number of nitrogens with zero attached hydrogens (tertiary/aromatic N) is 4. The molecule has 0 atom stereocenters. The van der Waals surface area contributed by atoms with Crippen molar-refractivity contribution >= 4 is 54.4 Å². The van der Waals surface area contributed by atoms with Gasteiger partial charge in [0.1, 0.15) is 11.2 Å². The number of carbonyl (C=O) groups excluding carboxylic acids is 1. The second kappa shape index (κ2) is 9.78. The largest absolute Gasteiger partial charge is 0.336 e. The second-order valence-electron chi connectivity index (χ2n) is 8.25. The topological polar surface area (TPSA) is 92.6 Å². The van der Waals surface area contributed by atoms with Crippen molar-refractivity contribution in [2.24, 2.45) is 0 Å². The number of hydrogen-bond acceptors (Lipinski definition) is 5. The molecule has 184 valence electrons. The van der Waals surface area contributed by atoms with E-state index >= 15 is 0 Å². The van der Waals surface area contributed by atoms with Gasteiger partial charge in [0.15, 0.2) is 0 Å². The van der Waals surface area contributed by atoms with Crippen LogP contribution in [0.4, 0.5) is 0 Å². The SMILES string of the molecule is O=C(c1ccc(-n2cnc3ccccc3c2=O)cc1)N1CCN(S(=O)(=O)c2ccc(Br)cc2Cl)CC1. The van der Waals surface area contributed by atoms with Crippen LogP contribution in [0.1, 0.15) is 10.4 Å². The first-order chi connectivity index (χ1) is 17.3. The maximum absolute atomic E-state index is 13.1. The first-order valence-electron chi connectivity index (χ1n) is 11.1. The number of carbonyl (C=O) groups is 1. The number of piperazine rings is 1. The Morgan fingerprint density at radius 1 is 0.944 bits per heavy atom. The lowest BCUT2D eigenvalue weighted by molar-refractivity contribution is 0.0698. The van der Waals surface area contributed by atoms with Crippen molar-refractivity contribution in [3.63, 3.8) is 0 Å². The summed E-state index contributed by atoms with van der Waals surface area (Å²) in [6, 6.07) is 18.5. The summed E-state index contributed by atoms with van der Waals surface area (Å²) in [4.78, 5) is 31.9. The molecule has 2 heterocycles. The third-order valence-corrected chi connectivity index (χ3v) is 8.97. The molecule has 1 aliphatic rings. The summed E-state index contributed by atoms with van der Waals surface area (Å²) in [5, 5.41) is 0.654. The van der Waals surface area contributed by atoms with E-state index in [4.69, 9.17) is 11.6 Å². The van der Waals surface area contributed by atoms with Crippen LogP contribution in [0.3, 0.4) is 0 Å². The van der Waals surface area contributed by atoms with Gasteiger partial charge in [-0.15, -0.1) is 0 Å². The van der Waals surface area contributed by atoms with Crippen molar-refractivity contribution in [3.05, 3.63) is 98.5 Å². The van der Waals surface area contributed by atoms with Crippen molar-refractivity contribution in [2.45, 2.75) is 4.90 Å². The van der Waals surface area contributed by atoms with Crippen LogP contribution in [0, 0.1) is 0 Å². The molecule has 0 saturated carbocycles. The molecule has 8 nitrogen and oxygen atoms in total. The van der Waals surface area contributed by atoms with Crippen LogP contribution >= 0.6 is 27.5 Å². The van der Waals surface area contributed by atoms with E-state index in [9.17, 15) is 18.0 Å². The molecule has 0 bridgehead atoms. The molecule has 5 rings (SSSR count). The molecule has 0 N–H and O–H groups in total. The van der Waals surface area contributed by atoms with Gasteiger partial charge in [-0.05, 0) is 54.6 Å². The fraction of sp³-hybridized carbons (Fsp3) is 0.160. The lowest BCUT2D eigenvalue weighted by atomic mass is 10.1. The molecule has 1 aliphatic heterocycles. The van der Waals surface area contributed by atoms with Crippen LogP contribution in [0.25, 0.3) is 16.6 Å². The number of sulfonamides is 1. The molecule has 0 unspecified atom stereocenters. The summed E-state index contributed by atoms with van der Waals surface area (Å²) in [7, 11) is -3.77. The third kappa shape index (κ3) is 4.57. The minimum Gasteiger partial charge on any atom is -0.336 e. The fourth-order valence-electron chi connectivity index (χ4n) is 4.16. The first kappa shape index (κ1) is 24.6. The van der Waals surface area contributed by atoms with Gasteiger partial charge < -0.3 is 4.90 Å². The molecule has 1 aromatic heterocycles. The number of hydrogen-bond donors (Lipinski definition) is 0. The number of benzene rings is 3. The van der Waals surface area contributed by atoms with Gasteiger partial charge in [0.25, 0.3) is 11.5 Å². The molecule has 3 aromatic carbocycles. The first-order valence-corrected chi connectivity index (χ1v) is 13.7. The van der Waals surface area contributed by atoms with Gasteiger partial charge in [-0.3, -0.25) is 14.2 Å². The van der Waals surface area contributed by atoms with Gasteiger partial charge in [0, 0.05) is 36.2 Å². The van der Waals surface area contributed by atoms with E-state index in [1.807, 2.05) is 6.07 Å². The summed E-state index contributed by atoms with van der Waals surface area (Å²) in [6.45, 7) is 0.831. The van der Waals surface area contributed by atoms with E-state index in [1.54, 1.807) is 59.5 Å². The highest BCUT2D eigenvalue weighted by molar-refractivity contribution is 9.10. The minimum atomic E-state index is -3.77. The van der Waals surface area contributed by atoms with Crippen molar-refractivity contribution in [3.8, 4) is 5.69 Å². The zero-order valence-corrected chi connectivity index (χ0v) is 22.0. The third-order valence-electron chi connectivity index (χ3n) is 6.10. The number of aromatic nitrogens is 2. The molecular formula is C25H20BrClN4O4S. The van der Waals surface area contributed by atoms with Crippen LogP contribution in [-0.4, -0.2) is 59.3 Å². The lowest BCUT2D eigenvalue weighted by Crippen LogP contribution is -2.50. The van der Waals surface area contributed by atoms with Crippen molar-refractivity contribution in [1.82, 2.24) is 18.8 Å². The van der Waals surface area contributed by atoms with E-state index in [0.29, 0.717) is 26.6 Å². The maximum Gasteiger partial charge on any atom is 0.265 e. The van der Waals surface area contributed by atoms with Crippen LogP contribution in [0.15, 0.2) is 87.2 Å². The fourth-order valence-corrected chi connectivity index (χ4v) is 6.59. The number of fused-ring (bicyclic) bond motifs is 1. The van der Waals surface area contributed by atoms with Crippen molar-refractivity contribution in [1.29, 1.82) is 0 Å². The molecule has 1 fully saturated rings. The summed E-state index contributed by atoms with van der Waals surface area (Å²) in [5.41, 5.74) is 1.47. The Labute approximate surface area is 220 Å². The Kier molecular flexibility index (Phi) is 6.69. The number of halogens is 2. The quantitative estimate of drug-likeness (QED) is 0.361. The van der Waals surface area contributed by atoms with Gasteiger partial charge in [-0.25, -0.2) is 13.4 Å². The van der Waals surface area contributed by atoms with Gasteiger partial charge >= 0.3 is 0 Å². The summed E-state index contributed by atoms with van der Waals surface area (Å²) >= 11 is 9.44. The number of rotatable bonds is 4. The van der Waals surface area contributed by atoms with Crippen LogP contribution in [-0.2, 0) is 10.0 Å². The predicted molar refractivity (Wildman–Crippen MR) is 141 cm³/mol. The van der Waals surface area contributed by atoms with E-state index in [1.165, 1.54) is 21.3 Å². The highest BCUT2D eigenvalue weighted by atomic mass is 79.9. The van der Waals surface area contributed by atoms with Gasteiger partial charge in [0.05, 0.1) is 21.6 Å². The van der Waals surface area contributed by atoms with E-state index in [2.05, 4.69) is 20.9 Å². The average Bonchev–Trinajstić information content (AvgIpc) is 2.89. The van der Waals surface area contributed by atoms with Crippen LogP contribution in [0.2, 0.25) is 5.02 Å². The summed E-state index contributed by atoms with van der Waals surface area (Å²) < 4.78 is 29.5. The second-order valence-corrected chi connectivity index (χ2v) is 11.5. The average molecular weight is 588 g/mol. The highest BCUT2D eigenvalue weighted by Gasteiger charge is 2.31. The standard InChI is InChI=1S/C25H20BrClN4O4S/c26-18-7-10-23(21(27)15-18)36(34,35)30-13-11-29(12-14-30)24(32)17-5-8-19(9-6-17)31-16-28-22-4-2-1-3-20(22)25(31)33/h1-10,15-16H,11-14H2. The van der Waals surface area contributed by atoms with Crippen LogP contribution in [0.5, 0.6) is 0 Å². The molecule has 11 heteroatoms. The molecule has 0 spiro atoms. The molecule has 1 amide bonds. The molecule has 4 aromatic rings. The highest BCUT2D eigenvalue weighted by Crippen LogP contribution is 2.28. The predicted octanol–water partition coefficient (Wildman–Crippen LogP) is 3.95. The Hall–Kier alpha value is -3.05. The summed E-state index contributed by atoms with van der Waals surface area (Å²) in [5.74, 6) is -0.204. The normalized spacial score (nSPS) is 14.8. The zero-order chi connectivity index (χ0) is 25.4. The molecule has 0 radical (unpaired) electrons. The lowest BCUT2D eigenvalue weighted by Gasteiger charge is -2.34. The summed E-state index contributed by atoms with van der Waals surface area (Å²) in [6.07, 6.45) is 1.47. The Morgan fingerprint density at radius 3 is 2.33 bits per heavy atom.